The number of nitrogens with zero attached hydrogens (tertiary/aromatic N) is 1. The van der Waals surface area contributed by atoms with Crippen molar-refractivity contribution in [2.24, 2.45) is 5.92 Å². The zero-order valence-corrected chi connectivity index (χ0v) is 18.2. The zero-order valence-electron chi connectivity index (χ0n) is 17.4. The first-order chi connectivity index (χ1) is 14.0. The van der Waals surface area contributed by atoms with Crippen molar-refractivity contribution in [1.29, 1.82) is 0 Å². The number of benzene rings is 2. The number of halogens is 2. The summed E-state index contributed by atoms with van der Waals surface area (Å²) in [6, 6.07) is 9.31. The number of hydrogen-bond acceptors (Lipinski definition) is 4. The first-order valence-corrected chi connectivity index (χ1v) is 11.2. The lowest BCUT2D eigenvalue weighted by atomic mass is 9.97. The highest BCUT2D eigenvalue weighted by Crippen LogP contribution is 2.25. The minimum Gasteiger partial charge on any atom is -0.497 e. The molecule has 0 aliphatic heterocycles. The van der Waals surface area contributed by atoms with E-state index in [0.29, 0.717) is 22.5 Å². The molecule has 0 fully saturated rings. The second kappa shape index (κ2) is 9.88. The maximum absolute atomic E-state index is 14.2. The number of hydrogen-bond donors (Lipinski definition) is 1. The van der Waals surface area contributed by atoms with Crippen LogP contribution in [0.1, 0.15) is 31.9 Å². The molecule has 0 aliphatic rings. The summed E-state index contributed by atoms with van der Waals surface area (Å²) in [5, 5.41) is 2.82. The third-order valence-electron chi connectivity index (χ3n) is 4.43. The minimum atomic E-state index is -3.99. The van der Waals surface area contributed by atoms with Gasteiger partial charge in [-0.15, -0.1) is 0 Å². The molecule has 2 aromatic carbocycles. The molecule has 2 rings (SSSR count). The average molecular weight is 441 g/mol. The van der Waals surface area contributed by atoms with Crippen LogP contribution in [0.5, 0.6) is 5.75 Å². The highest BCUT2D eigenvalue weighted by atomic mass is 32.2. The van der Waals surface area contributed by atoms with Gasteiger partial charge in [-0.25, -0.2) is 17.2 Å². The molecule has 1 atom stereocenters. The van der Waals surface area contributed by atoms with Gasteiger partial charge in [-0.05, 0) is 42.2 Å². The maximum atomic E-state index is 14.2. The molecule has 9 heteroatoms. The largest absolute Gasteiger partial charge is 0.497 e. The van der Waals surface area contributed by atoms with E-state index in [0.717, 1.165) is 24.0 Å². The summed E-state index contributed by atoms with van der Waals surface area (Å²) in [5.74, 6) is -1.60. The van der Waals surface area contributed by atoms with E-state index < -0.39 is 34.1 Å². The molecule has 0 heterocycles. The molecule has 0 aromatic heterocycles. The Kier molecular flexibility index (Phi) is 7.77. The highest BCUT2D eigenvalue weighted by molar-refractivity contribution is 7.92. The number of amides is 1. The number of nitrogens with one attached hydrogen (secondary N) is 1. The number of carbonyl (C=O) groups is 1. The van der Waals surface area contributed by atoms with E-state index in [-0.39, 0.29) is 17.6 Å². The monoisotopic (exact) mass is 440 g/mol. The molecule has 0 radical (unpaired) electrons. The van der Waals surface area contributed by atoms with Gasteiger partial charge in [0, 0.05) is 6.07 Å². The first-order valence-electron chi connectivity index (χ1n) is 9.37. The summed E-state index contributed by atoms with van der Waals surface area (Å²) in [6.45, 7) is 3.37. The van der Waals surface area contributed by atoms with Gasteiger partial charge in [0.15, 0.2) is 0 Å². The minimum absolute atomic E-state index is 0.248. The van der Waals surface area contributed by atoms with Gasteiger partial charge >= 0.3 is 0 Å². The molecule has 0 aliphatic carbocycles. The third-order valence-corrected chi connectivity index (χ3v) is 5.55. The summed E-state index contributed by atoms with van der Waals surface area (Å²) in [6.07, 6.45) is 1.47. The van der Waals surface area contributed by atoms with Crippen molar-refractivity contribution in [3.8, 4) is 5.75 Å². The lowest BCUT2D eigenvalue weighted by Crippen LogP contribution is -2.42. The van der Waals surface area contributed by atoms with Gasteiger partial charge in [-0.1, -0.05) is 26.0 Å². The van der Waals surface area contributed by atoms with Crippen LogP contribution in [0.25, 0.3) is 0 Å². The van der Waals surface area contributed by atoms with Gasteiger partial charge in [0.1, 0.15) is 23.9 Å². The molecule has 1 N–H and O–H groups in total. The average Bonchev–Trinajstić information content (AvgIpc) is 2.65. The van der Waals surface area contributed by atoms with Crippen molar-refractivity contribution in [2.45, 2.75) is 26.3 Å². The predicted molar refractivity (Wildman–Crippen MR) is 112 cm³/mol. The molecule has 1 amide bonds. The Labute approximate surface area is 175 Å². The molecule has 6 nitrogen and oxygen atoms in total. The Balaban J connectivity index is 2.25. The van der Waals surface area contributed by atoms with Gasteiger partial charge in [-0.3, -0.25) is 9.10 Å². The van der Waals surface area contributed by atoms with Gasteiger partial charge in [0.2, 0.25) is 15.9 Å². The van der Waals surface area contributed by atoms with E-state index in [1.807, 2.05) is 26.0 Å². The fourth-order valence-corrected chi connectivity index (χ4v) is 3.88. The molecule has 0 bridgehead atoms. The fraction of sp³-hybridized carbons (Fsp3) is 0.381. The number of anilines is 1. The van der Waals surface area contributed by atoms with E-state index >= 15 is 0 Å². The van der Waals surface area contributed by atoms with Crippen molar-refractivity contribution < 1.29 is 26.7 Å². The number of methoxy groups -OCH3 is 1. The molecule has 0 saturated heterocycles. The van der Waals surface area contributed by atoms with Gasteiger partial charge < -0.3 is 10.1 Å². The molecular weight excluding hydrogens is 414 g/mol. The molecule has 164 valence electrons. The van der Waals surface area contributed by atoms with Gasteiger partial charge in [0.25, 0.3) is 0 Å². The molecule has 0 unspecified atom stereocenters. The van der Waals surface area contributed by atoms with Crippen LogP contribution in [0.2, 0.25) is 0 Å². The first kappa shape index (κ1) is 23.6. The summed E-state index contributed by atoms with van der Waals surface area (Å²) < 4.78 is 57.5. The number of carbonyl (C=O) groups excluding carboxylic acids is 1. The second-order valence-corrected chi connectivity index (χ2v) is 9.29. The Hall–Kier alpha value is -2.68. The van der Waals surface area contributed by atoms with Crippen LogP contribution in [0.3, 0.4) is 0 Å². The molecule has 30 heavy (non-hydrogen) atoms. The standard InChI is InChI=1S/C21H26F2N2O4S/c1-14(2)11-19(15-5-8-17(29-3)9-6-15)24-21(26)13-25(30(4,27)28)20-10-7-16(22)12-18(20)23/h5-10,12,14,19H,11,13H2,1-4H3,(H,24,26)/t19-/m0/s1. The quantitative estimate of drug-likeness (QED) is 0.646. The normalized spacial score (nSPS) is 12.5. The van der Waals surface area contributed by atoms with E-state index in [9.17, 15) is 22.0 Å². The van der Waals surface area contributed by atoms with Gasteiger partial charge in [0.05, 0.1) is 25.1 Å². The van der Waals surface area contributed by atoms with Crippen LogP contribution < -0.4 is 14.4 Å². The zero-order chi connectivity index (χ0) is 22.5. The molecular formula is C21H26F2N2O4S. The summed E-state index contributed by atoms with van der Waals surface area (Å²) >= 11 is 0. The van der Waals surface area contributed by atoms with E-state index in [2.05, 4.69) is 5.32 Å². The Bertz CT molecular complexity index is 979. The van der Waals surface area contributed by atoms with E-state index in [4.69, 9.17) is 4.74 Å². The summed E-state index contributed by atoms with van der Waals surface area (Å²) in [7, 11) is -2.44. The molecule has 0 spiro atoms. The lowest BCUT2D eigenvalue weighted by Gasteiger charge is -2.25. The Morgan fingerprint density at radius 2 is 1.77 bits per heavy atom. The third kappa shape index (κ3) is 6.41. The molecule has 2 aromatic rings. The van der Waals surface area contributed by atoms with E-state index in [1.54, 1.807) is 19.2 Å². The second-order valence-electron chi connectivity index (χ2n) is 7.39. The van der Waals surface area contributed by atoms with Crippen molar-refractivity contribution in [1.82, 2.24) is 5.32 Å². The van der Waals surface area contributed by atoms with Crippen molar-refractivity contribution in [3.63, 3.8) is 0 Å². The van der Waals surface area contributed by atoms with E-state index in [1.165, 1.54) is 0 Å². The fourth-order valence-electron chi connectivity index (χ4n) is 3.02. The van der Waals surface area contributed by atoms with Crippen LogP contribution >= 0.6 is 0 Å². The number of ether oxygens (including phenoxy) is 1. The van der Waals surface area contributed by atoms with Crippen molar-refractivity contribution >= 4 is 21.6 Å². The van der Waals surface area contributed by atoms with Crippen LogP contribution in [0, 0.1) is 17.6 Å². The maximum Gasteiger partial charge on any atom is 0.241 e. The summed E-state index contributed by atoms with van der Waals surface area (Å²) in [5.41, 5.74) is 0.440. The Morgan fingerprint density at radius 3 is 2.27 bits per heavy atom. The topological polar surface area (TPSA) is 75.7 Å². The van der Waals surface area contributed by atoms with Crippen molar-refractivity contribution in [2.75, 3.05) is 24.2 Å². The van der Waals surface area contributed by atoms with Crippen LogP contribution in [0.15, 0.2) is 42.5 Å². The number of rotatable bonds is 9. The predicted octanol–water partition coefficient (Wildman–Crippen LogP) is 3.64. The van der Waals surface area contributed by atoms with Crippen LogP contribution in [-0.2, 0) is 14.8 Å². The smallest absolute Gasteiger partial charge is 0.241 e. The SMILES string of the molecule is COc1ccc([C@H](CC(C)C)NC(=O)CN(c2ccc(F)cc2F)S(C)(=O)=O)cc1. The summed E-state index contributed by atoms with van der Waals surface area (Å²) in [4.78, 5) is 12.7. The van der Waals surface area contributed by atoms with Crippen LogP contribution in [0.4, 0.5) is 14.5 Å². The van der Waals surface area contributed by atoms with Gasteiger partial charge in [-0.2, -0.15) is 0 Å². The lowest BCUT2D eigenvalue weighted by molar-refractivity contribution is -0.120. The van der Waals surface area contributed by atoms with Crippen molar-refractivity contribution in [3.05, 3.63) is 59.7 Å². The highest BCUT2D eigenvalue weighted by Gasteiger charge is 2.25. The van der Waals surface area contributed by atoms with Crippen LogP contribution in [-0.4, -0.2) is 34.2 Å². The molecule has 0 saturated carbocycles. The number of sulfonamides is 1. The Morgan fingerprint density at radius 1 is 1.13 bits per heavy atom.